The second-order valence-electron chi connectivity index (χ2n) is 10.3. The Balaban J connectivity index is 1.38. The van der Waals surface area contributed by atoms with Gasteiger partial charge in [0.15, 0.2) is 16.3 Å². The van der Waals surface area contributed by atoms with Gasteiger partial charge in [-0.05, 0) is 59.0 Å². The summed E-state index contributed by atoms with van der Waals surface area (Å²) in [6.07, 6.45) is 2.35. The normalized spacial score (nSPS) is 14.7. The second-order valence-corrected chi connectivity index (χ2v) is 11.3. The van der Waals surface area contributed by atoms with E-state index in [1.54, 1.807) is 4.57 Å². The fraction of sp³-hybridized carbons (Fsp3) is 0.194. The molecule has 1 aliphatic rings. The van der Waals surface area contributed by atoms with Crippen LogP contribution in [0.1, 0.15) is 43.0 Å². The average Bonchev–Trinajstić information content (AvgIpc) is 3.37. The molecule has 0 bridgehead atoms. The monoisotopic (exact) mass is 604 g/mol. The number of aromatic nitrogens is 1. The number of fused-ring (bicyclic) bond motifs is 2. The Morgan fingerprint density at radius 1 is 0.932 bits per heavy atom. The Morgan fingerprint density at radius 3 is 2.48 bits per heavy atom. The van der Waals surface area contributed by atoms with Crippen LogP contribution < -0.4 is 24.4 Å². The highest BCUT2D eigenvalue weighted by atomic mass is 32.1. The van der Waals surface area contributed by atoms with Gasteiger partial charge in [0.1, 0.15) is 6.61 Å². The fourth-order valence-electron chi connectivity index (χ4n) is 5.54. The van der Waals surface area contributed by atoms with Gasteiger partial charge in [-0.25, -0.2) is 9.79 Å². The van der Waals surface area contributed by atoms with Crippen molar-refractivity contribution in [1.82, 2.24) is 4.57 Å². The molecule has 0 saturated heterocycles. The maximum Gasteiger partial charge on any atom is 0.338 e. The van der Waals surface area contributed by atoms with Crippen LogP contribution in [0.25, 0.3) is 16.8 Å². The number of benzene rings is 4. The summed E-state index contributed by atoms with van der Waals surface area (Å²) in [7, 11) is 1.35. The minimum atomic E-state index is -0.638. The first-order valence-corrected chi connectivity index (χ1v) is 15.4. The third kappa shape index (κ3) is 5.56. The number of nitrogens with zero attached hydrogens (tertiary/aromatic N) is 2. The topological polar surface area (TPSA) is 79.1 Å². The average molecular weight is 605 g/mol. The molecule has 0 amide bonds. The van der Waals surface area contributed by atoms with Crippen molar-refractivity contribution in [1.29, 1.82) is 0 Å². The van der Waals surface area contributed by atoms with Crippen molar-refractivity contribution in [2.45, 2.75) is 32.9 Å². The van der Waals surface area contributed by atoms with Crippen LogP contribution in [0.2, 0.25) is 0 Å². The summed E-state index contributed by atoms with van der Waals surface area (Å²) in [5.74, 6) is 0.727. The summed E-state index contributed by atoms with van der Waals surface area (Å²) in [4.78, 5) is 32.2. The molecule has 5 aromatic rings. The molecule has 0 fully saturated rings. The minimum absolute atomic E-state index is 0.228. The van der Waals surface area contributed by atoms with Crippen molar-refractivity contribution < 1.29 is 19.0 Å². The van der Waals surface area contributed by atoms with Crippen LogP contribution in [0.4, 0.5) is 0 Å². The van der Waals surface area contributed by atoms with Crippen LogP contribution in [0, 0.1) is 0 Å². The van der Waals surface area contributed by atoms with E-state index in [0.717, 1.165) is 27.5 Å². The molecule has 2 heterocycles. The van der Waals surface area contributed by atoms with Crippen LogP contribution in [0.5, 0.6) is 11.5 Å². The van der Waals surface area contributed by atoms with E-state index in [1.165, 1.54) is 18.4 Å². The lowest BCUT2D eigenvalue weighted by atomic mass is 9.95. The summed E-state index contributed by atoms with van der Waals surface area (Å²) in [5.41, 5.74) is 3.45. The number of carbonyl (C=O) groups is 1. The van der Waals surface area contributed by atoms with Crippen LogP contribution in [-0.4, -0.2) is 24.3 Å². The van der Waals surface area contributed by atoms with E-state index in [9.17, 15) is 9.59 Å². The van der Waals surface area contributed by atoms with Gasteiger partial charge in [0, 0.05) is 0 Å². The molecule has 7 nitrogen and oxygen atoms in total. The molecule has 0 aliphatic carbocycles. The molecule has 0 radical (unpaired) electrons. The summed E-state index contributed by atoms with van der Waals surface area (Å²) in [5, 5.41) is 2.31. The molecule has 0 N–H and O–H groups in total. The summed E-state index contributed by atoms with van der Waals surface area (Å²) < 4.78 is 19.4. The second kappa shape index (κ2) is 12.7. The summed E-state index contributed by atoms with van der Waals surface area (Å²) in [6.45, 7) is 4.72. The van der Waals surface area contributed by atoms with E-state index >= 15 is 0 Å². The van der Waals surface area contributed by atoms with E-state index in [2.05, 4.69) is 24.3 Å². The van der Waals surface area contributed by atoms with Gasteiger partial charge in [-0.1, -0.05) is 97.1 Å². The molecular formula is C36H32N2O5S. The van der Waals surface area contributed by atoms with Crippen LogP contribution in [-0.2, 0) is 16.1 Å². The Labute approximate surface area is 259 Å². The number of methoxy groups -OCH3 is 1. The summed E-state index contributed by atoms with van der Waals surface area (Å²) in [6, 6.07) is 29.0. The van der Waals surface area contributed by atoms with E-state index in [-0.39, 0.29) is 5.56 Å². The SMILES string of the molecule is CCOc1cc(/C=c2\sc3n(c2=O)[C@@H](c2ccccc2)C(C(=O)OC)=C(CC)N=3)ccc1OCc1cccc2ccccc12. The van der Waals surface area contributed by atoms with Crippen molar-refractivity contribution >= 4 is 34.2 Å². The maximum atomic E-state index is 13.9. The van der Waals surface area contributed by atoms with E-state index in [1.807, 2.05) is 86.7 Å². The van der Waals surface area contributed by atoms with Crippen LogP contribution in [0.3, 0.4) is 0 Å². The van der Waals surface area contributed by atoms with Crippen molar-refractivity contribution in [3.05, 3.63) is 139 Å². The van der Waals surface area contributed by atoms with Crippen molar-refractivity contribution in [3.8, 4) is 11.5 Å². The Kier molecular flexibility index (Phi) is 8.43. The van der Waals surface area contributed by atoms with Crippen molar-refractivity contribution in [2.24, 2.45) is 4.99 Å². The van der Waals surface area contributed by atoms with Gasteiger partial charge in [0.05, 0.1) is 35.6 Å². The number of thiazole rings is 1. The summed E-state index contributed by atoms with van der Waals surface area (Å²) >= 11 is 1.30. The lowest BCUT2D eigenvalue weighted by Gasteiger charge is -2.25. The third-order valence-corrected chi connectivity index (χ3v) is 8.58. The number of esters is 1. The largest absolute Gasteiger partial charge is 0.490 e. The van der Waals surface area contributed by atoms with Gasteiger partial charge in [-0.3, -0.25) is 9.36 Å². The number of hydrogen-bond donors (Lipinski definition) is 0. The third-order valence-electron chi connectivity index (χ3n) is 7.59. The van der Waals surface area contributed by atoms with E-state index in [4.69, 9.17) is 19.2 Å². The zero-order chi connectivity index (χ0) is 30.6. The Morgan fingerprint density at radius 2 is 1.70 bits per heavy atom. The predicted octanol–water partition coefficient (Wildman–Crippen LogP) is 5.93. The highest BCUT2D eigenvalue weighted by Gasteiger charge is 2.33. The Hall–Kier alpha value is -4.95. The number of carbonyl (C=O) groups excluding carboxylic acids is 1. The van der Waals surface area contributed by atoms with Gasteiger partial charge >= 0.3 is 5.97 Å². The van der Waals surface area contributed by atoms with Crippen molar-refractivity contribution in [2.75, 3.05) is 13.7 Å². The molecule has 0 saturated carbocycles. The standard InChI is InChI=1S/C36H32N2O5S/c1-4-28-32(35(40)41-3)33(25-13-7-6-8-14-25)38-34(39)31(44-36(38)37-28)21-23-18-19-29(30(20-23)42-5-2)43-22-26-16-11-15-24-12-9-10-17-27(24)26/h6-21,33H,4-5,22H2,1-3H3/b31-21-/t33-/m0/s1. The fourth-order valence-corrected chi connectivity index (χ4v) is 6.56. The highest BCUT2D eigenvalue weighted by Crippen LogP contribution is 2.32. The zero-order valence-electron chi connectivity index (χ0n) is 24.8. The van der Waals surface area contributed by atoms with Gasteiger partial charge in [0.25, 0.3) is 5.56 Å². The molecule has 1 aliphatic heterocycles. The quantitative estimate of drug-likeness (QED) is 0.195. The highest BCUT2D eigenvalue weighted by molar-refractivity contribution is 7.07. The number of allylic oxidation sites excluding steroid dienone is 1. The molecule has 44 heavy (non-hydrogen) atoms. The van der Waals surface area contributed by atoms with Gasteiger partial charge < -0.3 is 14.2 Å². The van der Waals surface area contributed by atoms with Gasteiger partial charge in [-0.2, -0.15) is 0 Å². The molecule has 6 rings (SSSR count). The first kappa shape index (κ1) is 29.1. The molecule has 0 spiro atoms. The molecule has 1 atom stereocenters. The van der Waals surface area contributed by atoms with Gasteiger partial charge in [-0.15, -0.1) is 0 Å². The number of hydrogen-bond acceptors (Lipinski definition) is 7. The number of rotatable bonds is 9. The first-order valence-electron chi connectivity index (χ1n) is 14.6. The van der Waals surface area contributed by atoms with E-state index in [0.29, 0.717) is 51.7 Å². The van der Waals surface area contributed by atoms with E-state index < -0.39 is 12.0 Å². The smallest absolute Gasteiger partial charge is 0.338 e. The van der Waals surface area contributed by atoms with Gasteiger partial charge in [0.2, 0.25) is 0 Å². The maximum absolute atomic E-state index is 13.9. The molecule has 4 aromatic carbocycles. The van der Waals surface area contributed by atoms with Crippen molar-refractivity contribution in [3.63, 3.8) is 0 Å². The minimum Gasteiger partial charge on any atom is -0.490 e. The molecular weight excluding hydrogens is 572 g/mol. The molecule has 8 heteroatoms. The molecule has 1 aromatic heterocycles. The predicted molar refractivity (Wildman–Crippen MR) is 173 cm³/mol. The lowest BCUT2D eigenvalue weighted by molar-refractivity contribution is -0.136. The van der Waals surface area contributed by atoms with Crippen LogP contribution in [0.15, 0.2) is 112 Å². The van der Waals surface area contributed by atoms with Crippen LogP contribution >= 0.6 is 11.3 Å². The molecule has 0 unspecified atom stereocenters. The first-order chi connectivity index (χ1) is 21.5. The molecule has 222 valence electrons. The lowest BCUT2D eigenvalue weighted by Crippen LogP contribution is -2.40. The zero-order valence-corrected chi connectivity index (χ0v) is 25.6. The number of ether oxygens (including phenoxy) is 3. The Bertz CT molecular complexity index is 2050.